The molecule has 2 aliphatic heterocycles. The monoisotopic (exact) mass is 386 g/mol. The molecule has 2 fully saturated rings. The molecule has 2 aliphatic rings. The lowest BCUT2D eigenvalue weighted by atomic mass is 9.89. The van der Waals surface area contributed by atoms with Crippen LogP contribution in [0.3, 0.4) is 0 Å². The molecule has 0 aliphatic carbocycles. The highest BCUT2D eigenvalue weighted by Gasteiger charge is 2.39. The van der Waals surface area contributed by atoms with Gasteiger partial charge in [-0.1, -0.05) is 6.07 Å². The van der Waals surface area contributed by atoms with E-state index in [9.17, 15) is 8.42 Å². The molecule has 0 aromatic heterocycles. The second-order valence-corrected chi connectivity index (χ2v) is 9.43. The normalized spacial score (nSPS) is 21.8. The van der Waals surface area contributed by atoms with Gasteiger partial charge in [0.2, 0.25) is 10.0 Å². The molecule has 0 atom stereocenters. The van der Waals surface area contributed by atoms with Crippen LogP contribution in [0.2, 0.25) is 0 Å². The molecular weight excluding hydrogens is 360 g/mol. The van der Waals surface area contributed by atoms with Crippen molar-refractivity contribution in [1.29, 1.82) is 0 Å². The summed E-state index contributed by atoms with van der Waals surface area (Å²) < 4.78 is 39.0. The number of nitrogens with one attached hydrogen (secondary N) is 1. The molecule has 6 nitrogen and oxygen atoms in total. The van der Waals surface area contributed by atoms with Crippen LogP contribution in [0, 0.1) is 0 Å². The maximum absolute atomic E-state index is 12.8. The molecule has 2 heterocycles. The number of thioether (sulfide) groups is 1. The summed E-state index contributed by atoms with van der Waals surface area (Å²) in [5, 5.41) is 0. The first-order chi connectivity index (χ1) is 12.1. The summed E-state index contributed by atoms with van der Waals surface area (Å²) in [6.45, 7) is 3.61. The summed E-state index contributed by atoms with van der Waals surface area (Å²) in [5.41, 5.74) is -0.110. The molecule has 0 saturated carbocycles. The van der Waals surface area contributed by atoms with Gasteiger partial charge in [0.15, 0.2) is 0 Å². The number of hydrogen-bond acceptors (Lipinski definition) is 6. The minimum Gasteiger partial charge on any atom is -0.497 e. The smallest absolute Gasteiger partial charge is 0.240 e. The van der Waals surface area contributed by atoms with Crippen molar-refractivity contribution < 1.29 is 17.9 Å². The minimum absolute atomic E-state index is 0.110. The maximum Gasteiger partial charge on any atom is 0.240 e. The summed E-state index contributed by atoms with van der Waals surface area (Å²) in [6.07, 6.45) is 2.00. The van der Waals surface area contributed by atoms with E-state index in [1.807, 2.05) is 11.8 Å². The highest BCUT2D eigenvalue weighted by atomic mass is 32.2. The topological polar surface area (TPSA) is 67.9 Å². The molecule has 8 heteroatoms. The van der Waals surface area contributed by atoms with E-state index >= 15 is 0 Å². The number of morpholine rings is 1. The van der Waals surface area contributed by atoms with E-state index in [2.05, 4.69) is 9.62 Å². The van der Waals surface area contributed by atoms with Gasteiger partial charge in [-0.2, -0.15) is 11.8 Å². The first-order valence-electron chi connectivity index (χ1n) is 8.60. The first-order valence-corrected chi connectivity index (χ1v) is 11.2. The standard InChI is InChI=1S/C17H26N2O4S2/c1-22-15-3-2-4-16(13-15)25(20,21)18-14-17(5-11-24-12-6-17)19-7-9-23-10-8-19/h2-4,13,18H,5-12,14H2,1H3. The van der Waals surface area contributed by atoms with Crippen LogP contribution in [0.15, 0.2) is 29.2 Å². The zero-order valence-corrected chi connectivity index (χ0v) is 16.2. The molecule has 0 radical (unpaired) electrons. The van der Waals surface area contributed by atoms with Crippen LogP contribution >= 0.6 is 11.8 Å². The molecule has 1 N–H and O–H groups in total. The highest BCUT2D eigenvalue weighted by Crippen LogP contribution is 2.33. The molecule has 3 rings (SSSR count). The van der Waals surface area contributed by atoms with E-state index in [0.717, 1.165) is 50.7 Å². The Labute approximate surface area is 154 Å². The van der Waals surface area contributed by atoms with Crippen molar-refractivity contribution in [3.8, 4) is 5.75 Å². The van der Waals surface area contributed by atoms with Crippen LogP contribution in [0.25, 0.3) is 0 Å². The average Bonchev–Trinajstić information content (AvgIpc) is 2.68. The van der Waals surface area contributed by atoms with Crippen LogP contribution in [-0.4, -0.2) is 70.3 Å². The van der Waals surface area contributed by atoms with Crippen molar-refractivity contribution >= 4 is 21.8 Å². The Bertz CT molecular complexity index is 669. The van der Waals surface area contributed by atoms with E-state index in [0.29, 0.717) is 12.3 Å². The van der Waals surface area contributed by atoms with Crippen molar-refractivity contribution in [2.75, 3.05) is 51.5 Å². The van der Waals surface area contributed by atoms with E-state index in [4.69, 9.17) is 9.47 Å². The van der Waals surface area contributed by atoms with Crippen LogP contribution < -0.4 is 9.46 Å². The third-order valence-corrected chi connectivity index (χ3v) is 7.43. The largest absolute Gasteiger partial charge is 0.497 e. The predicted molar refractivity (Wildman–Crippen MR) is 99.9 cm³/mol. The lowest BCUT2D eigenvalue weighted by molar-refractivity contribution is -0.0242. The van der Waals surface area contributed by atoms with Gasteiger partial charge < -0.3 is 9.47 Å². The molecule has 0 amide bonds. The highest BCUT2D eigenvalue weighted by molar-refractivity contribution is 7.99. The molecule has 0 spiro atoms. The van der Waals surface area contributed by atoms with Gasteiger partial charge in [0.1, 0.15) is 5.75 Å². The molecular formula is C17H26N2O4S2. The van der Waals surface area contributed by atoms with Gasteiger partial charge in [0.25, 0.3) is 0 Å². The third kappa shape index (κ3) is 4.49. The van der Waals surface area contributed by atoms with Crippen LogP contribution in [0.1, 0.15) is 12.8 Å². The van der Waals surface area contributed by atoms with Gasteiger partial charge in [0.05, 0.1) is 25.2 Å². The molecule has 25 heavy (non-hydrogen) atoms. The molecule has 1 aromatic rings. The Morgan fingerprint density at radius 2 is 2.00 bits per heavy atom. The number of rotatable bonds is 6. The lowest BCUT2D eigenvalue weighted by Gasteiger charge is -2.48. The second-order valence-electron chi connectivity index (χ2n) is 6.44. The number of ether oxygens (including phenoxy) is 2. The van der Waals surface area contributed by atoms with Crippen LogP contribution in [0.5, 0.6) is 5.75 Å². The fourth-order valence-corrected chi connectivity index (χ4v) is 5.88. The van der Waals surface area contributed by atoms with E-state index in [1.54, 1.807) is 24.3 Å². The van der Waals surface area contributed by atoms with Gasteiger partial charge in [-0.05, 0) is 36.5 Å². The summed E-state index contributed by atoms with van der Waals surface area (Å²) in [7, 11) is -2.03. The third-order valence-electron chi connectivity index (χ3n) is 5.05. The molecule has 0 bridgehead atoms. The average molecular weight is 387 g/mol. The number of benzene rings is 1. The fourth-order valence-electron chi connectivity index (χ4n) is 3.47. The second kappa shape index (κ2) is 8.26. The SMILES string of the molecule is COc1cccc(S(=O)(=O)NCC2(N3CCOCC3)CCSCC2)c1. The summed E-state index contributed by atoms with van der Waals surface area (Å²) >= 11 is 1.94. The van der Waals surface area contributed by atoms with Crippen molar-refractivity contribution in [2.24, 2.45) is 0 Å². The first kappa shape index (κ1) is 19.0. The van der Waals surface area contributed by atoms with Gasteiger partial charge in [-0.3, -0.25) is 4.90 Å². The predicted octanol–water partition coefficient (Wildman–Crippen LogP) is 1.57. The molecule has 0 unspecified atom stereocenters. The molecule has 1 aromatic carbocycles. The van der Waals surface area contributed by atoms with Gasteiger partial charge in [-0.25, -0.2) is 13.1 Å². The Morgan fingerprint density at radius 1 is 1.28 bits per heavy atom. The Hall–Kier alpha value is -0.800. The zero-order chi connectivity index (χ0) is 17.8. The zero-order valence-electron chi connectivity index (χ0n) is 14.6. The summed E-state index contributed by atoms with van der Waals surface area (Å²) in [4.78, 5) is 2.67. The van der Waals surface area contributed by atoms with Gasteiger partial charge in [-0.15, -0.1) is 0 Å². The number of methoxy groups -OCH3 is 1. The quantitative estimate of drug-likeness (QED) is 0.801. The van der Waals surface area contributed by atoms with Crippen molar-refractivity contribution in [3.05, 3.63) is 24.3 Å². The Morgan fingerprint density at radius 3 is 2.68 bits per heavy atom. The summed E-state index contributed by atoms with van der Waals surface area (Å²) in [5.74, 6) is 2.68. The van der Waals surface area contributed by atoms with E-state index in [1.165, 1.54) is 7.11 Å². The van der Waals surface area contributed by atoms with Crippen LogP contribution in [0.4, 0.5) is 0 Å². The van der Waals surface area contributed by atoms with Crippen LogP contribution in [-0.2, 0) is 14.8 Å². The van der Waals surface area contributed by atoms with E-state index < -0.39 is 10.0 Å². The number of hydrogen-bond donors (Lipinski definition) is 1. The Balaban J connectivity index is 1.75. The summed E-state index contributed by atoms with van der Waals surface area (Å²) in [6, 6.07) is 6.60. The fraction of sp³-hybridized carbons (Fsp3) is 0.647. The van der Waals surface area contributed by atoms with Crippen molar-refractivity contribution in [1.82, 2.24) is 9.62 Å². The van der Waals surface area contributed by atoms with Gasteiger partial charge >= 0.3 is 0 Å². The van der Waals surface area contributed by atoms with E-state index in [-0.39, 0.29) is 10.4 Å². The molecule has 2 saturated heterocycles. The van der Waals surface area contributed by atoms with Gasteiger partial charge in [0, 0.05) is 31.2 Å². The minimum atomic E-state index is -3.56. The number of nitrogens with zero attached hydrogens (tertiary/aromatic N) is 1. The number of sulfonamides is 1. The maximum atomic E-state index is 12.8. The lowest BCUT2D eigenvalue weighted by Crippen LogP contribution is -2.60. The molecule has 140 valence electrons. The van der Waals surface area contributed by atoms with Crippen molar-refractivity contribution in [3.63, 3.8) is 0 Å². The van der Waals surface area contributed by atoms with Crippen molar-refractivity contribution in [2.45, 2.75) is 23.3 Å². The Kier molecular flexibility index (Phi) is 6.27.